The van der Waals surface area contributed by atoms with Gasteiger partial charge in [0.15, 0.2) is 0 Å². The van der Waals surface area contributed by atoms with Crippen molar-refractivity contribution in [1.29, 1.82) is 5.26 Å². The lowest BCUT2D eigenvalue weighted by atomic mass is 10.2. The van der Waals surface area contributed by atoms with Gasteiger partial charge in [0.2, 0.25) is 10.0 Å². The van der Waals surface area contributed by atoms with Crippen molar-refractivity contribution in [3.8, 4) is 6.07 Å². The Morgan fingerprint density at radius 2 is 1.70 bits per heavy atom. The molecule has 0 amide bonds. The van der Waals surface area contributed by atoms with E-state index in [0.717, 1.165) is 0 Å². The molecule has 11 nitrogen and oxygen atoms in total. The number of pyridine rings is 1. The fourth-order valence-corrected chi connectivity index (χ4v) is 5.59. The molecular weight excluding hydrogens is 446 g/mol. The number of benzene rings is 1. The van der Waals surface area contributed by atoms with Crippen LogP contribution in [0.3, 0.4) is 0 Å². The molecule has 12 heteroatoms. The first-order valence-corrected chi connectivity index (χ1v) is 12.1. The van der Waals surface area contributed by atoms with Crippen LogP contribution in [0.2, 0.25) is 0 Å². The largest absolute Gasteiger partial charge is 0.362 e. The maximum Gasteiger partial charge on any atom is 0.293 e. The van der Waals surface area contributed by atoms with E-state index in [2.05, 4.69) is 11.1 Å². The van der Waals surface area contributed by atoms with Gasteiger partial charge in [-0.15, -0.1) is 0 Å². The first kappa shape index (κ1) is 22.9. The SMILES string of the molecule is CN1CCN(S(=O)(=O)c2ccc(N3CCN(c4ncccc4C#N)CC3)c([N+](=O)[O-])c2)CC1. The summed E-state index contributed by atoms with van der Waals surface area (Å²) in [6, 6.07) is 9.70. The minimum absolute atomic E-state index is 0.0618. The first-order chi connectivity index (χ1) is 15.8. The van der Waals surface area contributed by atoms with E-state index in [1.165, 1.54) is 22.5 Å². The quantitative estimate of drug-likeness (QED) is 0.466. The molecule has 0 bridgehead atoms. The molecule has 0 aliphatic carbocycles. The van der Waals surface area contributed by atoms with Crippen molar-refractivity contribution in [3.05, 3.63) is 52.2 Å². The average Bonchev–Trinajstić information content (AvgIpc) is 2.84. The summed E-state index contributed by atoms with van der Waals surface area (Å²) in [6.45, 7) is 3.97. The van der Waals surface area contributed by atoms with Gasteiger partial charge in [-0.05, 0) is 31.3 Å². The van der Waals surface area contributed by atoms with Crippen molar-refractivity contribution in [1.82, 2.24) is 14.2 Å². The van der Waals surface area contributed by atoms with E-state index in [1.54, 1.807) is 18.3 Å². The molecule has 0 N–H and O–H groups in total. The van der Waals surface area contributed by atoms with Crippen molar-refractivity contribution in [2.45, 2.75) is 4.90 Å². The van der Waals surface area contributed by atoms with Crippen LogP contribution in [0, 0.1) is 21.4 Å². The van der Waals surface area contributed by atoms with Gasteiger partial charge in [-0.2, -0.15) is 9.57 Å². The number of hydrogen-bond donors (Lipinski definition) is 0. The molecule has 3 heterocycles. The molecule has 0 spiro atoms. The predicted octanol–water partition coefficient (Wildman–Crippen LogP) is 1.12. The Morgan fingerprint density at radius 1 is 1.03 bits per heavy atom. The summed E-state index contributed by atoms with van der Waals surface area (Å²) < 4.78 is 27.5. The van der Waals surface area contributed by atoms with Gasteiger partial charge in [-0.25, -0.2) is 13.4 Å². The molecule has 0 atom stereocenters. The highest BCUT2D eigenvalue weighted by atomic mass is 32.2. The maximum absolute atomic E-state index is 13.0. The van der Waals surface area contributed by atoms with Gasteiger partial charge in [0.1, 0.15) is 17.6 Å². The van der Waals surface area contributed by atoms with Crippen LogP contribution in [0.5, 0.6) is 0 Å². The molecule has 33 heavy (non-hydrogen) atoms. The summed E-state index contributed by atoms with van der Waals surface area (Å²) in [5.41, 5.74) is 0.642. The van der Waals surface area contributed by atoms with Gasteiger partial charge in [0, 0.05) is 64.6 Å². The van der Waals surface area contributed by atoms with Gasteiger partial charge < -0.3 is 14.7 Å². The molecule has 2 fully saturated rings. The van der Waals surface area contributed by atoms with Gasteiger partial charge in [-0.3, -0.25) is 10.1 Å². The second-order valence-electron chi connectivity index (χ2n) is 8.08. The smallest absolute Gasteiger partial charge is 0.293 e. The molecule has 4 rings (SSSR count). The summed E-state index contributed by atoms with van der Waals surface area (Å²) >= 11 is 0. The first-order valence-electron chi connectivity index (χ1n) is 10.6. The third kappa shape index (κ3) is 4.61. The van der Waals surface area contributed by atoms with Crippen LogP contribution < -0.4 is 9.80 Å². The Labute approximate surface area is 192 Å². The highest BCUT2D eigenvalue weighted by Crippen LogP contribution is 2.33. The standard InChI is InChI=1S/C21H25N7O4S/c1-24-7-13-27(14-8-24)33(31,32)18-4-5-19(20(15-18)28(29)30)25-9-11-26(12-10-25)21-17(16-22)3-2-6-23-21/h2-6,15H,7-14H2,1H3. The molecule has 0 unspecified atom stereocenters. The molecule has 0 saturated carbocycles. The van der Waals surface area contributed by atoms with Crippen molar-refractivity contribution < 1.29 is 13.3 Å². The third-order valence-corrected chi connectivity index (χ3v) is 7.97. The number of hydrogen-bond acceptors (Lipinski definition) is 9. The highest BCUT2D eigenvalue weighted by Gasteiger charge is 2.31. The molecule has 1 aromatic carbocycles. The Morgan fingerprint density at radius 3 is 2.33 bits per heavy atom. The zero-order valence-corrected chi connectivity index (χ0v) is 19.1. The summed E-state index contributed by atoms with van der Waals surface area (Å²) in [4.78, 5) is 21.4. The maximum atomic E-state index is 13.0. The number of anilines is 2. The lowest BCUT2D eigenvalue weighted by Crippen LogP contribution is -2.47. The van der Waals surface area contributed by atoms with Crippen LogP contribution in [0.25, 0.3) is 0 Å². The van der Waals surface area contributed by atoms with Crippen molar-refractivity contribution >= 4 is 27.2 Å². The van der Waals surface area contributed by atoms with E-state index in [4.69, 9.17) is 0 Å². The zero-order chi connectivity index (χ0) is 23.6. The number of nitriles is 1. The lowest BCUT2D eigenvalue weighted by Gasteiger charge is -2.36. The summed E-state index contributed by atoms with van der Waals surface area (Å²) in [7, 11) is -1.88. The van der Waals surface area contributed by atoms with E-state index in [0.29, 0.717) is 69.4 Å². The number of rotatable bonds is 5. The number of nitrogens with zero attached hydrogens (tertiary/aromatic N) is 7. The predicted molar refractivity (Wildman–Crippen MR) is 123 cm³/mol. The number of nitro benzene ring substituents is 1. The molecule has 174 valence electrons. The molecule has 2 aromatic rings. The van der Waals surface area contributed by atoms with Gasteiger partial charge in [0.25, 0.3) is 5.69 Å². The Bertz CT molecular complexity index is 1180. The summed E-state index contributed by atoms with van der Waals surface area (Å²) in [6.07, 6.45) is 1.63. The highest BCUT2D eigenvalue weighted by molar-refractivity contribution is 7.89. The topological polar surface area (TPSA) is 127 Å². The van der Waals surface area contributed by atoms with Crippen LogP contribution in [0.4, 0.5) is 17.2 Å². The minimum Gasteiger partial charge on any atom is -0.362 e. The normalized spacial score (nSPS) is 18.2. The number of aromatic nitrogens is 1. The van der Waals surface area contributed by atoms with E-state index in [9.17, 15) is 23.8 Å². The number of sulfonamides is 1. The van der Waals surface area contributed by atoms with Crippen LogP contribution in [-0.2, 0) is 10.0 Å². The average molecular weight is 472 g/mol. The second kappa shape index (κ2) is 9.30. The third-order valence-electron chi connectivity index (χ3n) is 6.07. The van der Waals surface area contributed by atoms with Crippen LogP contribution in [0.1, 0.15) is 5.56 Å². The summed E-state index contributed by atoms with van der Waals surface area (Å²) in [5.74, 6) is 0.600. The van der Waals surface area contributed by atoms with E-state index >= 15 is 0 Å². The Balaban J connectivity index is 1.54. The van der Waals surface area contributed by atoms with Crippen molar-refractivity contribution in [3.63, 3.8) is 0 Å². The van der Waals surface area contributed by atoms with E-state index in [-0.39, 0.29) is 10.6 Å². The van der Waals surface area contributed by atoms with Gasteiger partial charge >= 0.3 is 0 Å². The molecule has 2 saturated heterocycles. The van der Waals surface area contributed by atoms with Crippen LogP contribution in [0.15, 0.2) is 41.4 Å². The zero-order valence-electron chi connectivity index (χ0n) is 18.3. The molecule has 2 aliphatic rings. The Kier molecular flexibility index (Phi) is 6.46. The monoisotopic (exact) mass is 471 g/mol. The molecule has 1 aromatic heterocycles. The molecular formula is C21H25N7O4S. The van der Waals surface area contributed by atoms with Crippen LogP contribution in [-0.4, -0.2) is 86.9 Å². The van der Waals surface area contributed by atoms with Crippen molar-refractivity contribution in [2.24, 2.45) is 0 Å². The fourth-order valence-electron chi connectivity index (χ4n) is 4.15. The van der Waals surface area contributed by atoms with Crippen molar-refractivity contribution in [2.75, 3.05) is 69.2 Å². The lowest BCUT2D eigenvalue weighted by molar-refractivity contribution is -0.384. The minimum atomic E-state index is -3.80. The van der Waals surface area contributed by atoms with Gasteiger partial charge in [-0.1, -0.05) is 0 Å². The number of likely N-dealkylation sites (N-methyl/N-ethyl adjacent to an activating group) is 1. The molecule has 2 aliphatic heterocycles. The van der Waals surface area contributed by atoms with E-state index < -0.39 is 14.9 Å². The van der Waals surface area contributed by atoms with Gasteiger partial charge in [0.05, 0.1) is 15.4 Å². The molecule has 0 radical (unpaired) electrons. The Hall–Kier alpha value is -3.27. The number of nitro groups is 1. The fraction of sp³-hybridized carbons (Fsp3) is 0.429. The second-order valence-corrected chi connectivity index (χ2v) is 10.0. The summed E-state index contributed by atoms with van der Waals surface area (Å²) in [5, 5.41) is 21.2. The number of piperazine rings is 2. The van der Waals surface area contributed by atoms with E-state index in [1.807, 2.05) is 21.7 Å². The van der Waals surface area contributed by atoms with Crippen LogP contribution >= 0.6 is 0 Å².